The van der Waals surface area contributed by atoms with Gasteiger partial charge in [0.15, 0.2) is 5.65 Å². The van der Waals surface area contributed by atoms with Gasteiger partial charge in [-0.25, -0.2) is 13.9 Å². The van der Waals surface area contributed by atoms with Crippen LogP contribution in [0.3, 0.4) is 0 Å². The van der Waals surface area contributed by atoms with Gasteiger partial charge in [-0.05, 0) is 70.4 Å². The Hall–Kier alpha value is -3.07. The molecule has 3 aromatic heterocycles. The Morgan fingerprint density at radius 2 is 2.00 bits per heavy atom. The number of hydrogen-bond acceptors (Lipinski definition) is 6. The van der Waals surface area contributed by atoms with Gasteiger partial charge >= 0.3 is 0 Å². The first-order chi connectivity index (χ1) is 15.5. The van der Waals surface area contributed by atoms with E-state index in [0.29, 0.717) is 11.2 Å². The minimum Gasteiger partial charge on any atom is -0.349 e. The molecular weight excluding hydrogens is 409 g/mol. The topological polar surface area (TPSA) is 78.7 Å². The standard InChI is InChI=1S/C23H28FN7O/c1-15-18(12-16(24)13-25-15)20-4-3-8-30(20)21-7-11-31-22(28-21)19(14-26-31)23(32)27-17-5-9-29(2)10-6-17/h7,11-14,17,20H,3-6,8-10H2,1-2H3,(H,27,32)/t20-/m1/s1. The zero-order valence-corrected chi connectivity index (χ0v) is 18.5. The number of aryl methyl sites for hydroxylation is 1. The molecule has 5 rings (SSSR count). The van der Waals surface area contributed by atoms with Crippen molar-refractivity contribution in [2.45, 2.75) is 44.7 Å². The SMILES string of the molecule is Cc1ncc(F)cc1[C@H]1CCCN1c1ccn2ncc(C(=O)NC3CCN(C)CC3)c2n1. The van der Waals surface area contributed by atoms with E-state index in [0.717, 1.165) is 62.4 Å². The molecule has 0 spiro atoms. The molecule has 0 aliphatic carbocycles. The summed E-state index contributed by atoms with van der Waals surface area (Å²) in [4.78, 5) is 26.4. The van der Waals surface area contributed by atoms with Crippen molar-refractivity contribution >= 4 is 17.4 Å². The molecule has 168 valence electrons. The first kappa shape index (κ1) is 20.8. The molecule has 0 saturated carbocycles. The van der Waals surface area contributed by atoms with Gasteiger partial charge < -0.3 is 15.1 Å². The van der Waals surface area contributed by atoms with Crippen LogP contribution >= 0.6 is 0 Å². The van der Waals surface area contributed by atoms with E-state index in [-0.39, 0.29) is 23.8 Å². The Morgan fingerprint density at radius 1 is 1.19 bits per heavy atom. The predicted molar refractivity (Wildman–Crippen MR) is 119 cm³/mol. The lowest BCUT2D eigenvalue weighted by molar-refractivity contribution is 0.0918. The third-order valence-electron chi connectivity index (χ3n) is 6.65. The van der Waals surface area contributed by atoms with Crippen LogP contribution in [0.25, 0.3) is 5.65 Å². The van der Waals surface area contributed by atoms with Gasteiger partial charge in [-0.15, -0.1) is 0 Å². The monoisotopic (exact) mass is 437 g/mol. The summed E-state index contributed by atoms with van der Waals surface area (Å²) in [6.45, 7) is 4.68. The maximum Gasteiger partial charge on any atom is 0.256 e. The van der Waals surface area contributed by atoms with E-state index in [9.17, 15) is 9.18 Å². The van der Waals surface area contributed by atoms with Crippen molar-refractivity contribution in [1.29, 1.82) is 0 Å². The summed E-state index contributed by atoms with van der Waals surface area (Å²) >= 11 is 0. The minimum atomic E-state index is -0.329. The van der Waals surface area contributed by atoms with Gasteiger partial charge in [0.2, 0.25) is 0 Å². The van der Waals surface area contributed by atoms with Gasteiger partial charge in [-0.2, -0.15) is 5.10 Å². The second-order valence-corrected chi connectivity index (χ2v) is 8.84. The van der Waals surface area contributed by atoms with E-state index in [1.54, 1.807) is 16.8 Å². The average Bonchev–Trinajstić information content (AvgIpc) is 3.43. The van der Waals surface area contributed by atoms with E-state index >= 15 is 0 Å². The molecule has 2 fully saturated rings. The number of halogens is 1. The number of nitrogens with one attached hydrogen (secondary N) is 1. The third kappa shape index (κ3) is 3.92. The Labute approximate surface area is 186 Å². The molecule has 1 N–H and O–H groups in total. The quantitative estimate of drug-likeness (QED) is 0.676. The number of hydrogen-bond donors (Lipinski definition) is 1. The number of pyridine rings is 1. The number of amides is 1. The fraction of sp³-hybridized carbons (Fsp3) is 0.478. The molecule has 1 atom stereocenters. The first-order valence-corrected chi connectivity index (χ1v) is 11.2. The molecule has 0 aromatic carbocycles. The number of fused-ring (bicyclic) bond motifs is 1. The molecule has 32 heavy (non-hydrogen) atoms. The van der Waals surface area contributed by atoms with Crippen LogP contribution in [0.2, 0.25) is 0 Å². The smallest absolute Gasteiger partial charge is 0.256 e. The van der Waals surface area contributed by atoms with Crippen molar-refractivity contribution in [3.63, 3.8) is 0 Å². The maximum atomic E-state index is 13.9. The van der Waals surface area contributed by atoms with Crippen LogP contribution in [0, 0.1) is 12.7 Å². The zero-order valence-electron chi connectivity index (χ0n) is 18.5. The molecule has 9 heteroatoms. The Balaban J connectivity index is 1.42. The summed E-state index contributed by atoms with van der Waals surface area (Å²) in [6.07, 6.45) is 8.43. The second kappa shape index (κ2) is 8.46. The summed E-state index contributed by atoms with van der Waals surface area (Å²) in [7, 11) is 2.10. The molecule has 0 bridgehead atoms. The summed E-state index contributed by atoms with van der Waals surface area (Å²) in [5.74, 6) is 0.296. The molecule has 0 unspecified atom stereocenters. The molecule has 0 radical (unpaired) electrons. The minimum absolute atomic E-state index is 0.00702. The lowest BCUT2D eigenvalue weighted by atomic mass is 10.0. The summed E-state index contributed by atoms with van der Waals surface area (Å²) in [6, 6.07) is 3.65. The predicted octanol–water partition coefficient (Wildman–Crippen LogP) is 2.74. The lowest BCUT2D eigenvalue weighted by Gasteiger charge is -2.29. The van der Waals surface area contributed by atoms with Gasteiger partial charge in [0, 0.05) is 24.5 Å². The number of likely N-dealkylation sites (tertiary alicyclic amines) is 1. The molecule has 1 amide bonds. The van der Waals surface area contributed by atoms with E-state index in [4.69, 9.17) is 4.98 Å². The number of nitrogens with zero attached hydrogens (tertiary/aromatic N) is 6. The van der Waals surface area contributed by atoms with Crippen molar-refractivity contribution in [3.05, 3.63) is 53.4 Å². The van der Waals surface area contributed by atoms with E-state index in [2.05, 4.69) is 32.2 Å². The van der Waals surface area contributed by atoms with Gasteiger partial charge in [-0.1, -0.05) is 0 Å². The number of piperidine rings is 1. The van der Waals surface area contributed by atoms with Gasteiger partial charge in [0.1, 0.15) is 17.2 Å². The van der Waals surface area contributed by atoms with Crippen LogP contribution < -0.4 is 10.2 Å². The molecule has 2 aliphatic rings. The van der Waals surface area contributed by atoms with Crippen molar-refractivity contribution in [3.8, 4) is 0 Å². The Kier molecular flexibility index (Phi) is 5.50. The van der Waals surface area contributed by atoms with Gasteiger partial charge in [-0.3, -0.25) is 9.78 Å². The van der Waals surface area contributed by atoms with E-state index in [1.165, 1.54) is 6.20 Å². The Morgan fingerprint density at radius 3 is 2.81 bits per heavy atom. The van der Waals surface area contributed by atoms with Crippen LogP contribution in [0.5, 0.6) is 0 Å². The van der Waals surface area contributed by atoms with E-state index < -0.39 is 0 Å². The maximum absolute atomic E-state index is 13.9. The number of aromatic nitrogens is 4. The van der Waals surface area contributed by atoms with E-state index in [1.807, 2.05) is 19.2 Å². The third-order valence-corrected chi connectivity index (χ3v) is 6.65. The van der Waals surface area contributed by atoms with Crippen molar-refractivity contribution < 1.29 is 9.18 Å². The van der Waals surface area contributed by atoms with Crippen LogP contribution in [0.1, 0.15) is 53.3 Å². The number of carbonyl (C=O) groups excluding carboxylic acids is 1. The summed E-state index contributed by atoms with van der Waals surface area (Å²) in [5.41, 5.74) is 2.72. The highest BCUT2D eigenvalue weighted by atomic mass is 19.1. The molecule has 2 saturated heterocycles. The van der Waals surface area contributed by atoms with Crippen LogP contribution in [0.4, 0.5) is 10.2 Å². The van der Waals surface area contributed by atoms with Crippen molar-refractivity contribution in [1.82, 2.24) is 29.8 Å². The number of anilines is 1. The summed E-state index contributed by atoms with van der Waals surface area (Å²) < 4.78 is 15.5. The van der Waals surface area contributed by atoms with Crippen molar-refractivity contribution in [2.75, 3.05) is 31.6 Å². The lowest BCUT2D eigenvalue weighted by Crippen LogP contribution is -2.43. The van der Waals surface area contributed by atoms with Crippen molar-refractivity contribution in [2.24, 2.45) is 0 Å². The molecular formula is C23H28FN7O. The number of rotatable bonds is 4. The summed E-state index contributed by atoms with van der Waals surface area (Å²) in [5, 5.41) is 7.47. The van der Waals surface area contributed by atoms with Gasteiger partial charge in [0.25, 0.3) is 5.91 Å². The normalized spacial score (nSPS) is 20.2. The fourth-order valence-electron chi connectivity index (χ4n) is 4.82. The van der Waals surface area contributed by atoms with Crippen LogP contribution in [-0.4, -0.2) is 63.1 Å². The van der Waals surface area contributed by atoms with Crippen LogP contribution in [-0.2, 0) is 0 Å². The zero-order chi connectivity index (χ0) is 22.2. The van der Waals surface area contributed by atoms with Crippen LogP contribution in [0.15, 0.2) is 30.7 Å². The highest BCUT2D eigenvalue weighted by Crippen LogP contribution is 2.36. The highest BCUT2D eigenvalue weighted by molar-refractivity contribution is 5.99. The molecule has 2 aliphatic heterocycles. The largest absolute Gasteiger partial charge is 0.349 e. The molecule has 3 aromatic rings. The Bertz CT molecular complexity index is 1140. The number of carbonyl (C=O) groups is 1. The highest BCUT2D eigenvalue weighted by Gasteiger charge is 2.30. The molecule has 5 heterocycles. The molecule has 8 nitrogen and oxygen atoms in total. The average molecular weight is 438 g/mol. The first-order valence-electron chi connectivity index (χ1n) is 11.2. The second-order valence-electron chi connectivity index (χ2n) is 8.84. The fourth-order valence-corrected chi connectivity index (χ4v) is 4.82. The van der Waals surface area contributed by atoms with Gasteiger partial charge in [0.05, 0.1) is 18.4 Å².